The Labute approximate surface area is 169 Å². The lowest BCUT2D eigenvalue weighted by Gasteiger charge is -2.22. The number of nitrogens with zero attached hydrogens (tertiary/aromatic N) is 1. The first-order chi connectivity index (χ1) is 13.8. The van der Waals surface area contributed by atoms with Crippen LogP contribution in [0.25, 0.3) is 0 Å². The van der Waals surface area contributed by atoms with E-state index in [4.69, 9.17) is 9.47 Å². The molecular weight excluding hydrogens is 370 g/mol. The predicted octanol–water partition coefficient (Wildman–Crippen LogP) is 3.51. The van der Waals surface area contributed by atoms with Crippen molar-refractivity contribution in [3.8, 4) is 0 Å². The summed E-state index contributed by atoms with van der Waals surface area (Å²) in [5.41, 5.74) is 1.37. The van der Waals surface area contributed by atoms with Crippen LogP contribution in [-0.2, 0) is 25.7 Å². The van der Waals surface area contributed by atoms with Crippen LogP contribution in [0.5, 0.6) is 0 Å². The van der Waals surface area contributed by atoms with Crippen molar-refractivity contribution in [1.82, 2.24) is 0 Å². The van der Waals surface area contributed by atoms with E-state index in [2.05, 4.69) is 6.58 Å². The molecule has 0 radical (unpaired) electrons. The van der Waals surface area contributed by atoms with Gasteiger partial charge in [0, 0.05) is 23.7 Å². The summed E-state index contributed by atoms with van der Waals surface area (Å²) in [7, 11) is 0. The van der Waals surface area contributed by atoms with Crippen molar-refractivity contribution < 1.29 is 23.9 Å². The van der Waals surface area contributed by atoms with Crippen LogP contribution >= 0.6 is 0 Å². The standard InChI is InChI=1S/C23H23NO5/c1-4-19(25)29-20-21(26)24(15-23(20,2)3)18-12-10-17(11-13-18)22(27)28-14-16-8-6-5-7-9-16/h4-13,20H,1,14-15H2,2-3H3. The summed E-state index contributed by atoms with van der Waals surface area (Å²) >= 11 is 0. The summed E-state index contributed by atoms with van der Waals surface area (Å²) < 4.78 is 10.6. The average molecular weight is 393 g/mol. The molecule has 1 atom stereocenters. The van der Waals surface area contributed by atoms with E-state index in [9.17, 15) is 14.4 Å². The molecule has 2 aromatic carbocycles. The molecule has 0 aliphatic carbocycles. The zero-order valence-electron chi connectivity index (χ0n) is 16.5. The van der Waals surface area contributed by atoms with Gasteiger partial charge in [0.1, 0.15) is 6.61 Å². The Hall–Kier alpha value is -3.41. The van der Waals surface area contributed by atoms with Gasteiger partial charge in [-0.3, -0.25) is 4.79 Å². The fourth-order valence-corrected chi connectivity index (χ4v) is 3.22. The topological polar surface area (TPSA) is 72.9 Å². The molecule has 1 unspecified atom stereocenters. The van der Waals surface area contributed by atoms with Crippen molar-refractivity contribution in [2.24, 2.45) is 5.41 Å². The van der Waals surface area contributed by atoms with E-state index >= 15 is 0 Å². The Kier molecular flexibility index (Phi) is 5.82. The van der Waals surface area contributed by atoms with E-state index in [-0.39, 0.29) is 12.5 Å². The van der Waals surface area contributed by atoms with Gasteiger partial charge in [-0.25, -0.2) is 9.59 Å². The van der Waals surface area contributed by atoms with Crippen molar-refractivity contribution in [1.29, 1.82) is 0 Å². The third-order valence-corrected chi connectivity index (χ3v) is 4.79. The zero-order valence-corrected chi connectivity index (χ0v) is 16.5. The monoisotopic (exact) mass is 393 g/mol. The lowest BCUT2D eigenvalue weighted by atomic mass is 9.89. The van der Waals surface area contributed by atoms with E-state index in [0.717, 1.165) is 11.6 Å². The summed E-state index contributed by atoms with van der Waals surface area (Å²) in [6.45, 7) is 7.67. The summed E-state index contributed by atoms with van der Waals surface area (Å²) in [6.07, 6.45) is 0.158. The van der Waals surface area contributed by atoms with Crippen LogP contribution in [0.2, 0.25) is 0 Å². The van der Waals surface area contributed by atoms with E-state index < -0.39 is 23.5 Å². The average Bonchev–Trinajstić information content (AvgIpc) is 2.96. The highest BCUT2D eigenvalue weighted by molar-refractivity contribution is 6.01. The van der Waals surface area contributed by atoms with Gasteiger partial charge in [-0.2, -0.15) is 0 Å². The minimum Gasteiger partial charge on any atom is -0.457 e. The van der Waals surface area contributed by atoms with Crippen LogP contribution in [-0.4, -0.2) is 30.5 Å². The fourth-order valence-electron chi connectivity index (χ4n) is 3.22. The number of benzene rings is 2. The van der Waals surface area contributed by atoms with Gasteiger partial charge in [0.05, 0.1) is 5.56 Å². The van der Waals surface area contributed by atoms with Crippen molar-refractivity contribution in [3.63, 3.8) is 0 Å². The number of hydrogen-bond donors (Lipinski definition) is 0. The summed E-state index contributed by atoms with van der Waals surface area (Å²) in [5, 5.41) is 0. The molecule has 1 saturated heterocycles. The second-order valence-corrected chi connectivity index (χ2v) is 7.54. The summed E-state index contributed by atoms with van der Waals surface area (Å²) in [4.78, 5) is 38.1. The van der Waals surface area contributed by atoms with E-state index in [1.165, 1.54) is 0 Å². The Morgan fingerprint density at radius 2 is 1.79 bits per heavy atom. The maximum Gasteiger partial charge on any atom is 0.338 e. The van der Waals surface area contributed by atoms with Crippen molar-refractivity contribution in [2.75, 3.05) is 11.4 Å². The molecule has 0 bridgehead atoms. The first kappa shape index (κ1) is 20.3. The molecule has 6 nitrogen and oxygen atoms in total. The highest BCUT2D eigenvalue weighted by atomic mass is 16.6. The van der Waals surface area contributed by atoms with Crippen molar-refractivity contribution in [2.45, 2.75) is 26.6 Å². The quantitative estimate of drug-likeness (QED) is 0.555. The summed E-state index contributed by atoms with van der Waals surface area (Å²) in [5.74, 6) is -1.37. The van der Waals surface area contributed by atoms with Crippen LogP contribution in [0.3, 0.4) is 0 Å². The van der Waals surface area contributed by atoms with Crippen LogP contribution in [0.15, 0.2) is 67.3 Å². The second-order valence-electron chi connectivity index (χ2n) is 7.54. The van der Waals surface area contributed by atoms with Gasteiger partial charge in [-0.1, -0.05) is 50.8 Å². The Morgan fingerprint density at radius 3 is 2.41 bits per heavy atom. The molecule has 0 N–H and O–H groups in total. The van der Waals surface area contributed by atoms with Crippen molar-refractivity contribution >= 4 is 23.5 Å². The smallest absolute Gasteiger partial charge is 0.338 e. The molecule has 3 rings (SSSR count). The molecule has 1 fully saturated rings. The molecule has 0 saturated carbocycles. The Morgan fingerprint density at radius 1 is 1.14 bits per heavy atom. The lowest BCUT2D eigenvalue weighted by Crippen LogP contribution is -2.35. The second kappa shape index (κ2) is 8.31. The molecule has 6 heteroatoms. The highest BCUT2D eigenvalue weighted by Crippen LogP contribution is 2.36. The van der Waals surface area contributed by atoms with Gasteiger partial charge >= 0.3 is 11.9 Å². The third-order valence-electron chi connectivity index (χ3n) is 4.79. The van der Waals surface area contributed by atoms with Crippen LogP contribution in [0.4, 0.5) is 5.69 Å². The molecule has 1 amide bonds. The highest BCUT2D eigenvalue weighted by Gasteiger charge is 2.49. The van der Waals surface area contributed by atoms with Gasteiger partial charge in [-0.05, 0) is 29.8 Å². The summed E-state index contributed by atoms with van der Waals surface area (Å²) in [6, 6.07) is 16.0. The molecular formula is C23H23NO5. The fraction of sp³-hybridized carbons (Fsp3) is 0.261. The van der Waals surface area contributed by atoms with Gasteiger partial charge < -0.3 is 14.4 Å². The molecule has 1 heterocycles. The number of amides is 1. The van der Waals surface area contributed by atoms with E-state index in [0.29, 0.717) is 17.8 Å². The number of carbonyl (C=O) groups is 3. The Bertz CT molecular complexity index is 918. The van der Waals surface area contributed by atoms with Gasteiger partial charge in [-0.15, -0.1) is 0 Å². The zero-order chi connectivity index (χ0) is 21.0. The number of esters is 2. The van der Waals surface area contributed by atoms with Gasteiger partial charge in [0.2, 0.25) is 0 Å². The van der Waals surface area contributed by atoms with Crippen molar-refractivity contribution in [3.05, 3.63) is 78.4 Å². The van der Waals surface area contributed by atoms with E-state index in [1.54, 1.807) is 29.2 Å². The first-order valence-corrected chi connectivity index (χ1v) is 9.27. The first-order valence-electron chi connectivity index (χ1n) is 9.27. The largest absolute Gasteiger partial charge is 0.457 e. The molecule has 0 aromatic heterocycles. The third kappa shape index (κ3) is 4.54. The van der Waals surface area contributed by atoms with E-state index in [1.807, 2.05) is 44.2 Å². The number of ether oxygens (including phenoxy) is 2. The predicted molar refractivity (Wildman–Crippen MR) is 108 cm³/mol. The maximum absolute atomic E-state index is 12.8. The molecule has 2 aromatic rings. The lowest BCUT2D eigenvalue weighted by molar-refractivity contribution is -0.153. The molecule has 1 aliphatic rings. The normalized spacial score (nSPS) is 17.7. The van der Waals surface area contributed by atoms with Gasteiger partial charge in [0.15, 0.2) is 6.10 Å². The van der Waals surface area contributed by atoms with Crippen LogP contribution < -0.4 is 4.90 Å². The van der Waals surface area contributed by atoms with Crippen LogP contribution in [0, 0.1) is 5.41 Å². The van der Waals surface area contributed by atoms with Crippen LogP contribution in [0.1, 0.15) is 29.8 Å². The minimum absolute atomic E-state index is 0.191. The maximum atomic E-state index is 12.8. The SMILES string of the molecule is C=CC(=O)OC1C(=O)N(c2ccc(C(=O)OCc3ccccc3)cc2)CC1(C)C. The molecule has 150 valence electrons. The molecule has 0 spiro atoms. The van der Waals surface area contributed by atoms with Gasteiger partial charge in [0.25, 0.3) is 5.91 Å². The minimum atomic E-state index is -0.886. The number of hydrogen-bond acceptors (Lipinski definition) is 5. The number of rotatable bonds is 6. The Balaban J connectivity index is 1.68. The molecule has 29 heavy (non-hydrogen) atoms. The number of anilines is 1. The molecule has 1 aliphatic heterocycles. The number of carbonyl (C=O) groups excluding carboxylic acids is 3.